The molecule has 0 saturated carbocycles. The zero-order valence-electron chi connectivity index (χ0n) is 11.2. The minimum absolute atomic E-state index is 0.275. The van der Waals surface area contributed by atoms with Gasteiger partial charge in [-0.3, -0.25) is 0 Å². The van der Waals surface area contributed by atoms with E-state index in [0.29, 0.717) is 11.3 Å². The number of aliphatic hydroxyl groups excluding tert-OH is 1. The summed E-state index contributed by atoms with van der Waals surface area (Å²) in [6.07, 6.45) is 2.04. The number of aliphatic hydroxyl groups is 1. The molecule has 1 aliphatic heterocycles. The molecule has 18 heavy (non-hydrogen) atoms. The van der Waals surface area contributed by atoms with E-state index in [4.69, 9.17) is 11.6 Å². The average Bonchev–Trinajstić information content (AvgIpc) is 2.32. The van der Waals surface area contributed by atoms with Gasteiger partial charge in [0.1, 0.15) is 0 Å². The van der Waals surface area contributed by atoms with E-state index < -0.39 is 0 Å². The zero-order valence-corrected chi connectivity index (χ0v) is 12.0. The molecule has 1 saturated heterocycles. The number of anilines is 1. The number of halogens is 1. The molecule has 0 amide bonds. The van der Waals surface area contributed by atoms with E-state index in [1.807, 2.05) is 18.2 Å². The van der Waals surface area contributed by atoms with Crippen LogP contribution < -0.4 is 4.90 Å². The van der Waals surface area contributed by atoms with Gasteiger partial charge < -0.3 is 10.0 Å². The Bertz CT molecular complexity index is 405. The zero-order chi connectivity index (χ0) is 13.2. The molecule has 1 fully saturated rings. The number of hydrogen-bond donors (Lipinski definition) is 1. The Kier molecular flexibility index (Phi) is 4.18. The Morgan fingerprint density at radius 2 is 2.22 bits per heavy atom. The van der Waals surface area contributed by atoms with Crippen molar-refractivity contribution in [3.8, 4) is 0 Å². The fourth-order valence-corrected chi connectivity index (χ4v) is 2.96. The maximum atomic E-state index is 9.21. The quantitative estimate of drug-likeness (QED) is 0.905. The SMILES string of the molecule is CC1(C)CCN(c2cccc(Cl)c2)CC1CCO. The Hall–Kier alpha value is -0.730. The first kappa shape index (κ1) is 13.7. The summed E-state index contributed by atoms with van der Waals surface area (Å²) < 4.78 is 0. The lowest BCUT2D eigenvalue weighted by Crippen LogP contribution is -2.45. The fourth-order valence-electron chi connectivity index (χ4n) is 2.78. The van der Waals surface area contributed by atoms with Gasteiger partial charge in [0.2, 0.25) is 0 Å². The van der Waals surface area contributed by atoms with E-state index in [-0.39, 0.29) is 6.61 Å². The van der Waals surface area contributed by atoms with E-state index in [1.165, 1.54) is 5.69 Å². The highest BCUT2D eigenvalue weighted by molar-refractivity contribution is 6.30. The molecule has 1 aromatic carbocycles. The first-order chi connectivity index (χ1) is 8.53. The van der Waals surface area contributed by atoms with Gasteiger partial charge >= 0.3 is 0 Å². The number of rotatable bonds is 3. The predicted octanol–water partition coefficient (Wildman–Crippen LogP) is 3.57. The van der Waals surface area contributed by atoms with Crippen LogP contribution in [0.4, 0.5) is 5.69 Å². The number of hydrogen-bond acceptors (Lipinski definition) is 2. The lowest BCUT2D eigenvalue weighted by molar-refractivity contribution is 0.132. The summed E-state index contributed by atoms with van der Waals surface area (Å²) in [5.41, 5.74) is 1.51. The van der Waals surface area contributed by atoms with Crippen molar-refractivity contribution >= 4 is 17.3 Å². The van der Waals surface area contributed by atoms with Crippen molar-refractivity contribution in [2.75, 3.05) is 24.6 Å². The lowest BCUT2D eigenvalue weighted by Gasteiger charge is -2.45. The molecule has 1 aromatic rings. The van der Waals surface area contributed by atoms with Crippen molar-refractivity contribution in [3.63, 3.8) is 0 Å². The Morgan fingerprint density at radius 3 is 2.89 bits per heavy atom. The third kappa shape index (κ3) is 2.99. The van der Waals surface area contributed by atoms with Gasteiger partial charge in [0.15, 0.2) is 0 Å². The molecule has 0 aliphatic carbocycles. The highest BCUT2D eigenvalue weighted by Gasteiger charge is 2.34. The molecule has 0 bridgehead atoms. The molecule has 0 aromatic heterocycles. The third-order valence-electron chi connectivity index (χ3n) is 4.22. The summed E-state index contributed by atoms with van der Waals surface area (Å²) in [7, 11) is 0. The first-order valence-corrected chi connectivity index (χ1v) is 7.02. The molecule has 100 valence electrons. The summed E-state index contributed by atoms with van der Waals surface area (Å²) in [6, 6.07) is 8.04. The molecule has 2 nitrogen and oxygen atoms in total. The van der Waals surface area contributed by atoms with Gasteiger partial charge in [0.25, 0.3) is 0 Å². The molecule has 1 atom stereocenters. The van der Waals surface area contributed by atoms with Gasteiger partial charge in [0.05, 0.1) is 0 Å². The molecule has 0 spiro atoms. The minimum atomic E-state index is 0.275. The van der Waals surface area contributed by atoms with Crippen LogP contribution in [0.15, 0.2) is 24.3 Å². The summed E-state index contributed by atoms with van der Waals surface area (Å²) in [6.45, 7) is 6.96. The summed E-state index contributed by atoms with van der Waals surface area (Å²) in [5.74, 6) is 0.537. The van der Waals surface area contributed by atoms with Crippen molar-refractivity contribution < 1.29 is 5.11 Å². The van der Waals surface area contributed by atoms with Crippen molar-refractivity contribution in [2.24, 2.45) is 11.3 Å². The lowest BCUT2D eigenvalue weighted by atomic mass is 9.72. The number of nitrogens with zero attached hydrogens (tertiary/aromatic N) is 1. The second kappa shape index (κ2) is 5.50. The fraction of sp³-hybridized carbons (Fsp3) is 0.600. The standard InChI is InChI=1S/C15H22ClNO/c1-15(2)7-8-17(11-12(15)6-9-18)14-5-3-4-13(16)10-14/h3-5,10,12,18H,6-9,11H2,1-2H3. The average molecular weight is 268 g/mol. The smallest absolute Gasteiger partial charge is 0.0434 e. The molecule has 1 N–H and O–H groups in total. The normalized spacial score (nSPS) is 23.1. The molecule has 3 heteroatoms. The molecule has 1 heterocycles. The largest absolute Gasteiger partial charge is 0.396 e. The van der Waals surface area contributed by atoms with Gasteiger partial charge in [0, 0.05) is 30.4 Å². The predicted molar refractivity (Wildman–Crippen MR) is 77.3 cm³/mol. The highest BCUT2D eigenvalue weighted by Crippen LogP contribution is 2.39. The minimum Gasteiger partial charge on any atom is -0.396 e. The second-order valence-corrected chi connectivity index (χ2v) is 6.31. The summed E-state index contributed by atoms with van der Waals surface area (Å²) >= 11 is 6.05. The first-order valence-electron chi connectivity index (χ1n) is 6.64. The number of benzene rings is 1. The third-order valence-corrected chi connectivity index (χ3v) is 4.46. The maximum Gasteiger partial charge on any atom is 0.0434 e. The van der Waals surface area contributed by atoms with Gasteiger partial charge in [-0.25, -0.2) is 0 Å². The second-order valence-electron chi connectivity index (χ2n) is 5.87. The van der Waals surface area contributed by atoms with Crippen molar-refractivity contribution in [3.05, 3.63) is 29.3 Å². The molecule has 1 aliphatic rings. The van der Waals surface area contributed by atoms with Gasteiger partial charge in [-0.05, 0) is 42.4 Å². The van der Waals surface area contributed by atoms with Crippen LogP contribution in [0, 0.1) is 11.3 Å². The van der Waals surface area contributed by atoms with Gasteiger partial charge in [-0.2, -0.15) is 0 Å². The Balaban J connectivity index is 2.13. The van der Waals surface area contributed by atoms with Gasteiger partial charge in [-0.1, -0.05) is 31.5 Å². The van der Waals surface area contributed by atoms with Crippen LogP contribution in [0.25, 0.3) is 0 Å². The molecule has 0 radical (unpaired) electrons. The van der Waals surface area contributed by atoms with Crippen LogP contribution in [-0.2, 0) is 0 Å². The Morgan fingerprint density at radius 1 is 1.44 bits per heavy atom. The van der Waals surface area contributed by atoms with Crippen LogP contribution in [0.5, 0.6) is 0 Å². The molecule has 1 unspecified atom stereocenters. The maximum absolute atomic E-state index is 9.21. The molecular weight excluding hydrogens is 246 g/mol. The Labute approximate surface area is 115 Å². The van der Waals surface area contributed by atoms with E-state index in [2.05, 4.69) is 24.8 Å². The van der Waals surface area contributed by atoms with Crippen molar-refractivity contribution in [2.45, 2.75) is 26.7 Å². The summed E-state index contributed by atoms with van der Waals surface area (Å²) in [5, 5.41) is 10.0. The van der Waals surface area contributed by atoms with Crippen LogP contribution in [0.1, 0.15) is 26.7 Å². The van der Waals surface area contributed by atoms with Crippen LogP contribution in [0.2, 0.25) is 5.02 Å². The molecular formula is C15H22ClNO. The topological polar surface area (TPSA) is 23.5 Å². The molecule has 2 rings (SSSR count). The van der Waals surface area contributed by atoms with Crippen molar-refractivity contribution in [1.29, 1.82) is 0 Å². The van der Waals surface area contributed by atoms with Crippen LogP contribution in [-0.4, -0.2) is 24.8 Å². The van der Waals surface area contributed by atoms with Gasteiger partial charge in [-0.15, -0.1) is 0 Å². The monoisotopic (exact) mass is 267 g/mol. The van der Waals surface area contributed by atoms with E-state index in [0.717, 1.165) is 31.0 Å². The van der Waals surface area contributed by atoms with Crippen LogP contribution in [0.3, 0.4) is 0 Å². The van der Waals surface area contributed by atoms with E-state index in [1.54, 1.807) is 0 Å². The number of piperidine rings is 1. The summed E-state index contributed by atoms with van der Waals surface area (Å²) in [4.78, 5) is 2.39. The van der Waals surface area contributed by atoms with Crippen molar-refractivity contribution in [1.82, 2.24) is 0 Å². The van der Waals surface area contributed by atoms with Crippen LogP contribution >= 0.6 is 11.6 Å². The van der Waals surface area contributed by atoms with E-state index >= 15 is 0 Å². The highest BCUT2D eigenvalue weighted by atomic mass is 35.5. The van der Waals surface area contributed by atoms with E-state index in [9.17, 15) is 5.11 Å².